The molecule has 0 atom stereocenters. The van der Waals surface area contributed by atoms with Crippen molar-refractivity contribution in [2.45, 2.75) is 19.3 Å². The zero-order valence-corrected chi connectivity index (χ0v) is 34.1. The Morgan fingerprint density at radius 2 is 1.27 bits per heavy atom. The summed E-state index contributed by atoms with van der Waals surface area (Å²) in [6.07, 6.45) is 0. The van der Waals surface area contributed by atoms with Crippen molar-refractivity contribution >= 4 is 80.9 Å². The van der Waals surface area contributed by atoms with Crippen LogP contribution in [0.25, 0.3) is 85.1 Å². The Balaban J connectivity index is 1.18. The Kier molecular flexibility index (Phi) is 6.12. The van der Waals surface area contributed by atoms with E-state index >= 15 is 0 Å². The quantitative estimate of drug-likeness (QED) is 0.166. The van der Waals surface area contributed by atoms with Crippen LogP contribution in [0.3, 0.4) is 0 Å². The number of nitrogens with zero attached hydrogens (tertiary/aromatic N) is 2. The van der Waals surface area contributed by atoms with Crippen LogP contribution < -0.4 is 4.90 Å². The highest BCUT2D eigenvalue weighted by Gasteiger charge is 2.36. The van der Waals surface area contributed by atoms with Crippen LogP contribution in [0.5, 0.6) is 0 Å². The van der Waals surface area contributed by atoms with Crippen LogP contribution in [0, 0.1) is 0 Å². The van der Waals surface area contributed by atoms with Gasteiger partial charge in [-0.3, -0.25) is 0 Å². The van der Waals surface area contributed by atoms with Gasteiger partial charge in [0.1, 0.15) is 5.01 Å². The van der Waals surface area contributed by atoms with Crippen molar-refractivity contribution < 1.29 is 12.3 Å². The Morgan fingerprint density at radius 1 is 0.500 bits per heavy atom. The lowest BCUT2D eigenvalue weighted by Crippen LogP contribution is -2.17. The number of hydrogen-bond donors (Lipinski definition) is 0. The summed E-state index contributed by atoms with van der Waals surface area (Å²) in [5.74, 6) is 0. The number of fused-ring (bicyclic) bond motifs is 9. The molecule has 0 spiro atoms. The second kappa shape index (κ2) is 13.6. The lowest BCUT2D eigenvalue weighted by molar-refractivity contribution is 0.660. The summed E-state index contributed by atoms with van der Waals surface area (Å²) in [6.45, 7) is 4.37. The normalized spacial score (nSPS) is 15.1. The van der Waals surface area contributed by atoms with Gasteiger partial charge in [-0.15, -0.1) is 22.7 Å². The standard InChI is InChI=1S/C56H38N2S2/c1-56(2)48-20-12-11-19-43(48)44-29-27-41(32-49(44)56)58(40-25-21-36(22-26-40)35-13-5-3-6-14-35)51-33-47-45-28-23-37-15-9-10-18-42(37)54(45)59-52(47)34-46(51)39-24-30-50-53(31-39)60-55(57-50)38-16-7-4-8-17-38/h3-34H,1-2H3/i3D,5D,6D,13D,14D,21D,22D,25D,26D. The molecule has 1 aliphatic carbocycles. The minimum Gasteiger partial charge on any atom is -0.310 e. The average molecular weight is 812 g/mol. The molecule has 2 aromatic heterocycles. The van der Waals surface area contributed by atoms with Crippen LogP contribution in [0.15, 0.2) is 194 Å². The maximum absolute atomic E-state index is 9.91. The number of rotatable bonds is 6. The predicted molar refractivity (Wildman–Crippen MR) is 259 cm³/mol. The van der Waals surface area contributed by atoms with E-state index in [1.165, 1.54) is 5.56 Å². The van der Waals surface area contributed by atoms with E-state index in [0.717, 1.165) is 79.5 Å². The largest absolute Gasteiger partial charge is 0.310 e. The van der Waals surface area contributed by atoms with Gasteiger partial charge in [-0.1, -0.05) is 159 Å². The third-order valence-electron chi connectivity index (χ3n) is 11.9. The van der Waals surface area contributed by atoms with E-state index in [-0.39, 0.29) is 16.8 Å². The molecule has 4 heteroatoms. The van der Waals surface area contributed by atoms with Gasteiger partial charge in [0.15, 0.2) is 0 Å². The lowest BCUT2D eigenvalue weighted by atomic mass is 9.82. The molecule has 0 unspecified atom stereocenters. The smallest absolute Gasteiger partial charge is 0.124 e. The van der Waals surface area contributed by atoms with Gasteiger partial charge < -0.3 is 4.90 Å². The topological polar surface area (TPSA) is 16.1 Å². The van der Waals surface area contributed by atoms with Gasteiger partial charge in [-0.05, 0) is 98.2 Å². The van der Waals surface area contributed by atoms with Gasteiger partial charge in [-0.2, -0.15) is 0 Å². The van der Waals surface area contributed by atoms with Gasteiger partial charge in [0.25, 0.3) is 0 Å². The molecule has 0 radical (unpaired) electrons. The third kappa shape index (κ3) is 5.56. The number of thiophene rings is 1. The molecule has 9 aromatic carbocycles. The number of anilines is 3. The zero-order valence-electron chi connectivity index (χ0n) is 41.5. The molecule has 0 fully saturated rings. The van der Waals surface area contributed by atoms with Crippen molar-refractivity contribution in [1.29, 1.82) is 0 Å². The number of hydrogen-bond acceptors (Lipinski definition) is 4. The van der Waals surface area contributed by atoms with Crippen LogP contribution in [-0.2, 0) is 5.41 Å². The van der Waals surface area contributed by atoms with E-state index in [2.05, 4.69) is 80.6 Å². The van der Waals surface area contributed by atoms with Crippen LogP contribution in [0.2, 0.25) is 0 Å². The molecule has 2 nitrogen and oxygen atoms in total. The highest BCUT2D eigenvalue weighted by atomic mass is 32.1. The van der Waals surface area contributed by atoms with E-state index < -0.39 is 59.8 Å². The van der Waals surface area contributed by atoms with E-state index in [1.54, 1.807) is 22.7 Å². The first-order chi connectivity index (χ1) is 33.2. The van der Waals surface area contributed by atoms with Crippen molar-refractivity contribution in [3.8, 4) is 44.0 Å². The summed E-state index contributed by atoms with van der Waals surface area (Å²) in [4.78, 5) is 6.83. The molecule has 0 bridgehead atoms. The second-order valence-corrected chi connectivity index (χ2v) is 17.7. The number of aromatic nitrogens is 1. The molecular formula is C56H38N2S2. The summed E-state index contributed by atoms with van der Waals surface area (Å²) in [5.41, 5.74) is 7.85. The lowest BCUT2D eigenvalue weighted by Gasteiger charge is -2.30. The Morgan fingerprint density at radius 3 is 2.13 bits per heavy atom. The van der Waals surface area contributed by atoms with Crippen molar-refractivity contribution in [2.24, 2.45) is 0 Å². The molecule has 60 heavy (non-hydrogen) atoms. The van der Waals surface area contributed by atoms with E-state index in [9.17, 15) is 5.48 Å². The minimum absolute atomic E-state index is 0.0507. The maximum Gasteiger partial charge on any atom is 0.124 e. The zero-order chi connectivity index (χ0) is 47.8. The van der Waals surface area contributed by atoms with Crippen LogP contribution in [-0.4, -0.2) is 4.98 Å². The SMILES string of the molecule is [2H]c1c([2H])c([2H])c(-c2c([2H])c([2H])c(N(c3ccc4c(c3)C(C)(C)c3ccccc3-4)c3cc4c(cc3-c3ccc5nc(-c6ccccc6)sc5c3)sc3c5ccccc5ccc43)c([2H])c2[2H])c([2H])c1[2H]. The van der Waals surface area contributed by atoms with Crippen molar-refractivity contribution in [3.63, 3.8) is 0 Å². The van der Waals surface area contributed by atoms with Crippen molar-refractivity contribution in [1.82, 2.24) is 4.98 Å². The van der Waals surface area contributed by atoms with Gasteiger partial charge in [0.05, 0.1) is 28.2 Å². The molecule has 1 aliphatic rings. The van der Waals surface area contributed by atoms with Crippen molar-refractivity contribution in [2.75, 3.05) is 4.90 Å². The van der Waals surface area contributed by atoms with Gasteiger partial charge in [-0.25, -0.2) is 4.98 Å². The fourth-order valence-corrected chi connectivity index (χ4v) is 11.2. The predicted octanol–water partition coefficient (Wildman–Crippen LogP) is 16.6. The molecule has 0 aliphatic heterocycles. The molecule has 0 saturated carbocycles. The summed E-state index contributed by atoms with van der Waals surface area (Å²) >= 11 is 3.30. The Bertz CT molecular complexity index is 3950. The summed E-state index contributed by atoms with van der Waals surface area (Å²) in [5, 5.41) is 5.12. The summed E-state index contributed by atoms with van der Waals surface area (Å²) < 4.78 is 84.9. The van der Waals surface area contributed by atoms with Crippen LogP contribution in [0.4, 0.5) is 17.1 Å². The van der Waals surface area contributed by atoms with Crippen molar-refractivity contribution in [3.05, 3.63) is 205 Å². The Hall–Kier alpha value is -6.85. The van der Waals surface area contributed by atoms with Crippen LogP contribution in [0.1, 0.15) is 37.3 Å². The fourth-order valence-electron chi connectivity index (χ4n) is 8.89. The van der Waals surface area contributed by atoms with Gasteiger partial charge in [0, 0.05) is 48.1 Å². The van der Waals surface area contributed by atoms with Gasteiger partial charge >= 0.3 is 0 Å². The van der Waals surface area contributed by atoms with Crippen LogP contribution >= 0.6 is 22.7 Å². The molecule has 0 amide bonds. The first kappa shape index (κ1) is 27.0. The molecule has 2 heterocycles. The van der Waals surface area contributed by atoms with Gasteiger partial charge in [0.2, 0.25) is 0 Å². The first-order valence-corrected chi connectivity index (χ1v) is 21.4. The Labute approximate surface area is 369 Å². The van der Waals surface area contributed by atoms with E-state index in [4.69, 9.17) is 11.8 Å². The molecule has 11 aromatic rings. The van der Waals surface area contributed by atoms with E-state index in [1.807, 2.05) is 77.7 Å². The highest BCUT2D eigenvalue weighted by Crippen LogP contribution is 2.53. The number of benzene rings is 9. The molecule has 12 rings (SSSR count). The molecule has 0 saturated heterocycles. The average Bonchev–Trinajstić information content (AvgIpc) is 4.04. The fraction of sp³-hybridized carbons (Fsp3) is 0.0536. The highest BCUT2D eigenvalue weighted by molar-refractivity contribution is 7.26. The molecule has 284 valence electrons. The summed E-state index contributed by atoms with van der Waals surface area (Å²) in [6, 6.07) is 42.6. The maximum atomic E-state index is 9.91. The molecule has 0 N–H and O–H groups in total. The third-order valence-corrected chi connectivity index (χ3v) is 14.1. The molecular weight excluding hydrogens is 765 g/mol. The van der Waals surface area contributed by atoms with E-state index in [0.29, 0.717) is 11.4 Å². The minimum atomic E-state index is -0.627. The first-order valence-electron chi connectivity index (χ1n) is 24.3. The monoisotopic (exact) mass is 811 g/mol. The number of thiazole rings is 1. The summed E-state index contributed by atoms with van der Waals surface area (Å²) in [7, 11) is 0. The second-order valence-electron chi connectivity index (χ2n) is 15.7.